The number of aliphatic hydroxyl groups excluding tert-OH is 2. The lowest BCUT2D eigenvalue weighted by Crippen LogP contribution is -2.25. The van der Waals surface area contributed by atoms with E-state index in [1.807, 2.05) is 25.1 Å². The van der Waals surface area contributed by atoms with Crippen LogP contribution in [0.15, 0.2) is 24.3 Å². The first-order chi connectivity index (χ1) is 11.0. The van der Waals surface area contributed by atoms with Gasteiger partial charge in [0, 0.05) is 12.1 Å². The van der Waals surface area contributed by atoms with Crippen molar-refractivity contribution < 1.29 is 14.9 Å². The molecule has 9 heteroatoms. The summed E-state index contributed by atoms with van der Waals surface area (Å²) in [7, 11) is 3.86. The maximum atomic E-state index is 10.4. The van der Waals surface area contributed by atoms with Gasteiger partial charge in [-0.25, -0.2) is 15.0 Å². The van der Waals surface area contributed by atoms with Crippen LogP contribution in [0.1, 0.15) is 6.23 Å². The first kappa shape index (κ1) is 15.8. The van der Waals surface area contributed by atoms with Gasteiger partial charge in [0.25, 0.3) is 0 Å². The summed E-state index contributed by atoms with van der Waals surface area (Å²) in [5.41, 5.74) is 7.46. The fourth-order valence-corrected chi connectivity index (χ4v) is 2.60. The van der Waals surface area contributed by atoms with Crippen LogP contribution in [0.4, 0.5) is 5.82 Å². The second kappa shape index (κ2) is 6.20. The number of hydrogen-bond donors (Lipinski definition) is 3. The Labute approximate surface area is 133 Å². The highest BCUT2D eigenvalue weighted by Gasteiger charge is 2.40. The second-order valence-electron chi connectivity index (χ2n) is 5.70. The molecule has 2 aromatic rings. The van der Waals surface area contributed by atoms with Crippen molar-refractivity contribution in [2.45, 2.75) is 18.4 Å². The molecule has 0 radical (unpaired) electrons. The Balaban J connectivity index is 2.04. The molecule has 4 N–H and O–H groups in total. The van der Waals surface area contributed by atoms with Gasteiger partial charge in [-0.05, 0) is 14.1 Å². The molecule has 0 unspecified atom stereocenters. The van der Waals surface area contributed by atoms with Gasteiger partial charge in [-0.1, -0.05) is 6.08 Å². The van der Waals surface area contributed by atoms with Crippen molar-refractivity contribution in [2.75, 3.05) is 33.0 Å². The summed E-state index contributed by atoms with van der Waals surface area (Å²) in [4.78, 5) is 14.3. The average Bonchev–Trinajstić information content (AvgIpc) is 3.07. The highest BCUT2D eigenvalue weighted by Crippen LogP contribution is 2.35. The smallest absolute Gasteiger partial charge is 0.167 e. The molecular formula is C14H20N6O3. The molecule has 0 spiro atoms. The summed E-state index contributed by atoms with van der Waals surface area (Å²) in [5.74, 6) is 0.282. The minimum Gasteiger partial charge on any atom is -0.394 e. The van der Waals surface area contributed by atoms with Crippen LogP contribution in [0.5, 0.6) is 0 Å². The fourth-order valence-electron chi connectivity index (χ4n) is 2.60. The third kappa shape index (κ3) is 2.79. The van der Waals surface area contributed by atoms with Crippen LogP contribution >= 0.6 is 0 Å². The Morgan fingerprint density at radius 1 is 1.39 bits per heavy atom. The molecule has 0 aromatic carbocycles. The Bertz CT molecular complexity index is 728. The van der Waals surface area contributed by atoms with Crippen molar-refractivity contribution in [2.24, 2.45) is 0 Å². The average molecular weight is 320 g/mol. The van der Waals surface area contributed by atoms with Crippen LogP contribution in [0.25, 0.3) is 11.2 Å². The second-order valence-corrected chi connectivity index (χ2v) is 5.70. The molecular weight excluding hydrogens is 300 g/mol. The topological polar surface area (TPSA) is 123 Å². The summed E-state index contributed by atoms with van der Waals surface area (Å²) >= 11 is 0. The van der Waals surface area contributed by atoms with Crippen LogP contribution in [0.3, 0.4) is 0 Å². The lowest BCUT2D eigenvalue weighted by atomic mass is 10.1. The van der Waals surface area contributed by atoms with Crippen LogP contribution in [0, 0.1) is 0 Å². The SMILES string of the molecule is CN(C)CC=C1[C@H](n2cnc3c(N)ncnc32)O[C@H](CO)[C@H]1O. The van der Waals surface area contributed by atoms with Gasteiger partial charge in [-0.15, -0.1) is 0 Å². The number of imidazole rings is 1. The third-order valence-corrected chi connectivity index (χ3v) is 3.79. The van der Waals surface area contributed by atoms with Crippen LogP contribution in [-0.2, 0) is 4.74 Å². The number of anilines is 1. The van der Waals surface area contributed by atoms with Gasteiger partial charge in [0.1, 0.15) is 24.1 Å². The Kier molecular flexibility index (Phi) is 4.26. The lowest BCUT2D eigenvalue weighted by molar-refractivity contribution is -0.0422. The van der Waals surface area contributed by atoms with Gasteiger partial charge in [-0.3, -0.25) is 4.57 Å². The number of fused-ring (bicyclic) bond motifs is 1. The molecule has 0 bridgehead atoms. The molecule has 2 aromatic heterocycles. The maximum Gasteiger partial charge on any atom is 0.167 e. The molecule has 9 nitrogen and oxygen atoms in total. The van der Waals surface area contributed by atoms with E-state index in [2.05, 4.69) is 15.0 Å². The predicted molar refractivity (Wildman–Crippen MR) is 83.4 cm³/mol. The molecule has 3 heterocycles. The van der Waals surface area contributed by atoms with E-state index in [4.69, 9.17) is 10.5 Å². The summed E-state index contributed by atoms with van der Waals surface area (Å²) in [6.07, 6.45) is 2.62. The van der Waals surface area contributed by atoms with Crippen LogP contribution < -0.4 is 5.73 Å². The number of aromatic nitrogens is 4. The molecule has 1 fully saturated rings. The number of aliphatic hydroxyl groups is 2. The molecule has 3 atom stereocenters. The molecule has 0 aliphatic carbocycles. The monoisotopic (exact) mass is 320 g/mol. The van der Waals surface area contributed by atoms with Gasteiger partial charge < -0.3 is 25.6 Å². The van der Waals surface area contributed by atoms with Crippen molar-refractivity contribution in [1.29, 1.82) is 0 Å². The molecule has 1 aliphatic heterocycles. The van der Waals surface area contributed by atoms with E-state index < -0.39 is 18.4 Å². The minimum atomic E-state index is -0.887. The van der Waals surface area contributed by atoms with E-state index in [1.165, 1.54) is 6.33 Å². The summed E-state index contributed by atoms with van der Waals surface area (Å²) in [6.45, 7) is 0.356. The normalized spacial score (nSPS) is 26.7. The van der Waals surface area contributed by atoms with E-state index in [-0.39, 0.29) is 12.4 Å². The number of nitrogens with two attached hydrogens (primary N) is 1. The van der Waals surface area contributed by atoms with Crippen molar-refractivity contribution in [1.82, 2.24) is 24.4 Å². The van der Waals surface area contributed by atoms with Crippen LogP contribution in [-0.4, -0.2) is 74.1 Å². The van der Waals surface area contributed by atoms with E-state index in [0.29, 0.717) is 23.3 Å². The standard InChI is InChI=1S/C14H20N6O3/c1-19(2)4-3-8-11(22)9(5-21)23-14(8)20-7-18-10-12(15)16-6-17-13(10)20/h3,6-7,9,11,14,21-22H,4-5H2,1-2H3,(H2,15,16,17)/t9-,11+,14-/m1/s1. The minimum absolute atomic E-state index is 0.277. The number of nitrogen functional groups attached to an aromatic ring is 1. The quantitative estimate of drug-likeness (QED) is 0.622. The predicted octanol–water partition coefficient (Wildman–Crippen LogP) is -0.853. The Morgan fingerprint density at radius 2 is 2.17 bits per heavy atom. The molecule has 0 amide bonds. The summed E-state index contributed by atoms with van der Waals surface area (Å²) in [6, 6.07) is 0. The van der Waals surface area contributed by atoms with Gasteiger partial charge in [-0.2, -0.15) is 0 Å². The summed E-state index contributed by atoms with van der Waals surface area (Å²) in [5, 5.41) is 19.8. The molecule has 124 valence electrons. The van der Waals surface area contributed by atoms with Gasteiger partial charge in [0.2, 0.25) is 0 Å². The maximum absolute atomic E-state index is 10.4. The lowest BCUT2D eigenvalue weighted by Gasteiger charge is -2.16. The molecule has 23 heavy (non-hydrogen) atoms. The van der Waals surface area contributed by atoms with Gasteiger partial charge in [0.05, 0.1) is 12.9 Å². The van der Waals surface area contributed by atoms with Gasteiger partial charge in [0.15, 0.2) is 17.7 Å². The van der Waals surface area contributed by atoms with Crippen molar-refractivity contribution in [3.8, 4) is 0 Å². The van der Waals surface area contributed by atoms with E-state index in [0.717, 1.165) is 0 Å². The number of hydrogen-bond acceptors (Lipinski definition) is 8. The van der Waals surface area contributed by atoms with Crippen molar-refractivity contribution in [3.05, 3.63) is 24.3 Å². The molecule has 3 rings (SSSR count). The first-order valence-electron chi connectivity index (χ1n) is 7.25. The first-order valence-corrected chi connectivity index (χ1v) is 7.25. The Hall–Kier alpha value is -2.07. The van der Waals surface area contributed by atoms with Gasteiger partial charge >= 0.3 is 0 Å². The highest BCUT2D eigenvalue weighted by molar-refractivity contribution is 5.81. The third-order valence-electron chi connectivity index (χ3n) is 3.79. The zero-order valence-electron chi connectivity index (χ0n) is 13.0. The zero-order valence-corrected chi connectivity index (χ0v) is 13.0. The highest BCUT2D eigenvalue weighted by atomic mass is 16.5. The van der Waals surface area contributed by atoms with E-state index >= 15 is 0 Å². The van der Waals surface area contributed by atoms with Crippen molar-refractivity contribution in [3.63, 3.8) is 0 Å². The van der Waals surface area contributed by atoms with Crippen molar-refractivity contribution >= 4 is 17.0 Å². The van der Waals surface area contributed by atoms with E-state index in [9.17, 15) is 10.2 Å². The Morgan fingerprint density at radius 3 is 2.87 bits per heavy atom. The van der Waals surface area contributed by atoms with E-state index in [1.54, 1.807) is 10.9 Å². The summed E-state index contributed by atoms with van der Waals surface area (Å²) < 4.78 is 7.48. The number of ether oxygens (including phenoxy) is 1. The molecule has 1 saturated heterocycles. The number of rotatable bonds is 4. The number of nitrogens with zero attached hydrogens (tertiary/aromatic N) is 5. The van der Waals surface area contributed by atoms with Crippen LogP contribution in [0.2, 0.25) is 0 Å². The molecule has 0 saturated carbocycles. The molecule has 1 aliphatic rings. The fraction of sp³-hybridized carbons (Fsp3) is 0.500. The number of likely N-dealkylation sites (N-methyl/N-ethyl adjacent to an activating group) is 1. The largest absolute Gasteiger partial charge is 0.394 e. The zero-order chi connectivity index (χ0) is 16.6.